The van der Waals surface area contributed by atoms with Crippen LogP contribution in [-0.2, 0) is 16.6 Å². The minimum atomic E-state index is -0.465. The molecule has 0 spiro atoms. The number of hydrogen-bond acceptors (Lipinski definition) is 4. The summed E-state index contributed by atoms with van der Waals surface area (Å²) < 4.78 is 6.35. The highest BCUT2D eigenvalue weighted by molar-refractivity contribution is 5.91. The standard InChI is InChI=1S/C12H20N4O3/c1-5-19-10(17)6-13-12(18)14-9-7-16(4)15-11(9)8(2)3/h7-8H,5-6H2,1-4H3,(H2,13,14,18). The van der Waals surface area contributed by atoms with Gasteiger partial charge in [-0.15, -0.1) is 0 Å². The smallest absolute Gasteiger partial charge is 0.325 e. The van der Waals surface area contributed by atoms with E-state index in [9.17, 15) is 9.59 Å². The molecule has 0 saturated carbocycles. The first-order valence-corrected chi connectivity index (χ1v) is 6.18. The lowest BCUT2D eigenvalue weighted by molar-refractivity contribution is -0.141. The van der Waals surface area contributed by atoms with Gasteiger partial charge in [0, 0.05) is 13.2 Å². The lowest BCUT2D eigenvalue weighted by Crippen LogP contribution is -2.34. The van der Waals surface area contributed by atoms with Crippen LogP contribution in [-0.4, -0.2) is 34.9 Å². The maximum atomic E-state index is 11.6. The maximum Gasteiger partial charge on any atom is 0.325 e. The summed E-state index contributed by atoms with van der Waals surface area (Å²) in [6.45, 7) is 5.83. The molecule has 0 aliphatic rings. The average molecular weight is 268 g/mol. The molecule has 0 atom stereocenters. The van der Waals surface area contributed by atoms with Crippen molar-refractivity contribution in [3.05, 3.63) is 11.9 Å². The van der Waals surface area contributed by atoms with Gasteiger partial charge in [0.2, 0.25) is 0 Å². The second-order valence-electron chi connectivity index (χ2n) is 4.37. The molecule has 0 aromatic carbocycles. The molecule has 7 heteroatoms. The van der Waals surface area contributed by atoms with Gasteiger partial charge in [-0.05, 0) is 12.8 Å². The van der Waals surface area contributed by atoms with E-state index in [4.69, 9.17) is 4.74 Å². The Morgan fingerprint density at radius 3 is 2.74 bits per heavy atom. The summed E-state index contributed by atoms with van der Waals surface area (Å²) in [5.74, 6) is -0.269. The molecule has 106 valence electrons. The topological polar surface area (TPSA) is 85.2 Å². The van der Waals surface area contributed by atoms with E-state index < -0.39 is 12.0 Å². The zero-order valence-electron chi connectivity index (χ0n) is 11.7. The Bertz CT molecular complexity index is 454. The molecule has 1 aromatic rings. The molecule has 2 amide bonds. The number of hydrogen-bond donors (Lipinski definition) is 2. The zero-order valence-corrected chi connectivity index (χ0v) is 11.7. The number of nitrogens with one attached hydrogen (secondary N) is 2. The predicted octanol–water partition coefficient (Wildman–Crippen LogP) is 1.23. The molecule has 2 N–H and O–H groups in total. The molecule has 1 aromatic heterocycles. The number of rotatable bonds is 5. The summed E-state index contributed by atoms with van der Waals surface area (Å²) in [5.41, 5.74) is 1.44. The van der Waals surface area contributed by atoms with Crippen LogP contribution in [0.5, 0.6) is 0 Å². The molecule has 0 radical (unpaired) electrons. The number of esters is 1. The lowest BCUT2D eigenvalue weighted by Gasteiger charge is -2.08. The second kappa shape index (κ2) is 6.77. The Morgan fingerprint density at radius 1 is 1.47 bits per heavy atom. The van der Waals surface area contributed by atoms with E-state index in [1.165, 1.54) is 0 Å². The summed E-state index contributed by atoms with van der Waals surface area (Å²) in [5, 5.41) is 9.37. The highest BCUT2D eigenvalue weighted by Crippen LogP contribution is 2.21. The molecule has 0 unspecified atom stereocenters. The van der Waals surface area contributed by atoms with Gasteiger partial charge in [-0.1, -0.05) is 13.8 Å². The van der Waals surface area contributed by atoms with Crippen LogP contribution in [0.15, 0.2) is 6.20 Å². The van der Waals surface area contributed by atoms with Gasteiger partial charge in [0.1, 0.15) is 6.54 Å². The summed E-state index contributed by atoms with van der Waals surface area (Å²) in [7, 11) is 1.79. The van der Waals surface area contributed by atoms with Crippen LogP contribution in [0.3, 0.4) is 0 Å². The van der Waals surface area contributed by atoms with Crippen LogP contribution >= 0.6 is 0 Å². The van der Waals surface area contributed by atoms with Gasteiger partial charge in [0.15, 0.2) is 0 Å². The van der Waals surface area contributed by atoms with Crippen molar-refractivity contribution in [2.24, 2.45) is 7.05 Å². The number of urea groups is 1. The van der Waals surface area contributed by atoms with Crippen LogP contribution in [0, 0.1) is 0 Å². The summed E-state index contributed by atoms with van der Waals surface area (Å²) in [6.07, 6.45) is 1.72. The summed E-state index contributed by atoms with van der Waals surface area (Å²) >= 11 is 0. The molecule has 7 nitrogen and oxygen atoms in total. The van der Waals surface area contributed by atoms with Crippen molar-refractivity contribution in [1.82, 2.24) is 15.1 Å². The molecule has 0 aliphatic carbocycles. The minimum absolute atomic E-state index is 0.156. The molecule has 19 heavy (non-hydrogen) atoms. The van der Waals surface area contributed by atoms with Crippen LogP contribution in [0.4, 0.5) is 10.5 Å². The maximum absolute atomic E-state index is 11.6. The largest absolute Gasteiger partial charge is 0.465 e. The quantitative estimate of drug-likeness (QED) is 0.786. The number of aromatic nitrogens is 2. The highest BCUT2D eigenvalue weighted by atomic mass is 16.5. The number of nitrogens with zero attached hydrogens (tertiary/aromatic N) is 2. The molecule has 0 fully saturated rings. The van der Waals surface area contributed by atoms with Crippen molar-refractivity contribution in [1.29, 1.82) is 0 Å². The van der Waals surface area contributed by atoms with E-state index in [1.54, 1.807) is 24.9 Å². The highest BCUT2D eigenvalue weighted by Gasteiger charge is 2.14. The third-order valence-corrected chi connectivity index (χ3v) is 2.35. The Kier molecular flexibility index (Phi) is 5.35. The predicted molar refractivity (Wildman–Crippen MR) is 71.0 cm³/mol. The van der Waals surface area contributed by atoms with E-state index in [-0.39, 0.29) is 12.5 Å². The van der Waals surface area contributed by atoms with E-state index in [2.05, 4.69) is 15.7 Å². The number of ether oxygens (including phenoxy) is 1. The fraction of sp³-hybridized carbons (Fsp3) is 0.583. The SMILES string of the molecule is CCOC(=O)CNC(=O)Nc1cn(C)nc1C(C)C. The van der Waals surface area contributed by atoms with E-state index >= 15 is 0 Å². The van der Waals surface area contributed by atoms with E-state index in [0.717, 1.165) is 5.69 Å². The second-order valence-corrected chi connectivity index (χ2v) is 4.37. The minimum Gasteiger partial charge on any atom is -0.465 e. The van der Waals surface area contributed by atoms with Crippen molar-refractivity contribution in [3.8, 4) is 0 Å². The number of aryl methyl sites for hydroxylation is 1. The van der Waals surface area contributed by atoms with Crippen molar-refractivity contribution in [2.45, 2.75) is 26.7 Å². The first kappa shape index (κ1) is 15.0. The normalized spacial score (nSPS) is 10.4. The molecule has 1 heterocycles. The number of carbonyl (C=O) groups excluding carboxylic acids is 2. The van der Waals surface area contributed by atoms with Crippen LogP contribution in [0.1, 0.15) is 32.4 Å². The molecular formula is C12H20N4O3. The Labute approximate surface area is 112 Å². The Morgan fingerprint density at radius 2 is 2.16 bits per heavy atom. The first-order chi connectivity index (χ1) is 8.93. The molecular weight excluding hydrogens is 248 g/mol. The number of carbonyl (C=O) groups is 2. The molecule has 0 bridgehead atoms. The summed E-state index contributed by atoms with van der Waals surface area (Å²) in [4.78, 5) is 22.7. The Balaban J connectivity index is 2.55. The van der Waals surface area contributed by atoms with Crippen molar-refractivity contribution >= 4 is 17.7 Å². The first-order valence-electron chi connectivity index (χ1n) is 6.18. The lowest BCUT2D eigenvalue weighted by atomic mass is 10.1. The van der Waals surface area contributed by atoms with Crippen LogP contribution < -0.4 is 10.6 Å². The fourth-order valence-electron chi connectivity index (χ4n) is 1.56. The van der Waals surface area contributed by atoms with E-state index in [0.29, 0.717) is 12.3 Å². The zero-order chi connectivity index (χ0) is 14.4. The van der Waals surface area contributed by atoms with Crippen molar-refractivity contribution in [2.75, 3.05) is 18.5 Å². The Hall–Kier alpha value is -2.05. The third kappa shape index (κ3) is 4.61. The summed E-state index contributed by atoms with van der Waals surface area (Å²) in [6, 6.07) is -0.456. The monoisotopic (exact) mass is 268 g/mol. The third-order valence-electron chi connectivity index (χ3n) is 2.35. The van der Waals surface area contributed by atoms with Crippen molar-refractivity contribution in [3.63, 3.8) is 0 Å². The van der Waals surface area contributed by atoms with Gasteiger partial charge in [-0.3, -0.25) is 9.48 Å². The van der Waals surface area contributed by atoms with Gasteiger partial charge in [-0.2, -0.15) is 5.10 Å². The van der Waals surface area contributed by atoms with E-state index in [1.807, 2.05) is 13.8 Å². The molecule has 0 aliphatic heterocycles. The molecule has 0 saturated heterocycles. The van der Waals surface area contributed by atoms with Gasteiger partial charge < -0.3 is 15.4 Å². The molecule has 1 rings (SSSR count). The number of amides is 2. The van der Waals surface area contributed by atoms with Crippen LogP contribution in [0.2, 0.25) is 0 Å². The van der Waals surface area contributed by atoms with Gasteiger partial charge in [0.25, 0.3) is 0 Å². The average Bonchev–Trinajstić information content (AvgIpc) is 2.68. The van der Waals surface area contributed by atoms with Gasteiger partial charge in [0.05, 0.1) is 18.0 Å². The van der Waals surface area contributed by atoms with Gasteiger partial charge >= 0.3 is 12.0 Å². The number of anilines is 1. The van der Waals surface area contributed by atoms with Crippen molar-refractivity contribution < 1.29 is 14.3 Å². The van der Waals surface area contributed by atoms with Crippen LogP contribution in [0.25, 0.3) is 0 Å². The fourth-order valence-corrected chi connectivity index (χ4v) is 1.56. The van der Waals surface area contributed by atoms with Gasteiger partial charge in [-0.25, -0.2) is 4.79 Å².